The molecule has 0 aliphatic heterocycles. The van der Waals surface area contributed by atoms with Crippen molar-refractivity contribution in [2.24, 2.45) is 5.73 Å². The van der Waals surface area contributed by atoms with Crippen LogP contribution in [-0.4, -0.2) is 7.11 Å². The summed E-state index contributed by atoms with van der Waals surface area (Å²) in [5.41, 5.74) is 8.06. The molecule has 0 aromatic heterocycles. The first kappa shape index (κ1) is 13.4. The number of hydrogen-bond donors (Lipinski definition) is 1. The molecule has 0 aliphatic carbocycles. The first-order chi connectivity index (χ1) is 8.63. The van der Waals surface area contributed by atoms with Gasteiger partial charge in [0.2, 0.25) is 0 Å². The van der Waals surface area contributed by atoms with Gasteiger partial charge >= 0.3 is 0 Å². The van der Waals surface area contributed by atoms with Crippen LogP contribution in [0.15, 0.2) is 46.9 Å². The molecule has 2 aromatic rings. The zero-order valence-electron chi connectivity index (χ0n) is 9.86. The summed E-state index contributed by atoms with van der Waals surface area (Å²) in [4.78, 5) is 0. The van der Waals surface area contributed by atoms with E-state index >= 15 is 0 Å². The first-order valence-electron chi connectivity index (χ1n) is 5.47. The van der Waals surface area contributed by atoms with E-state index in [0.29, 0.717) is 5.02 Å². The highest BCUT2D eigenvalue weighted by atomic mass is 79.9. The third kappa shape index (κ3) is 2.69. The fraction of sp³-hybridized carbons (Fsp3) is 0.143. The van der Waals surface area contributed by atoms with Crippen LogP contribution in [0.25, 0.3) is 0 Å². The molecule has 0 fully saturated rings. The Kier molecular flexibility index (Phi) is 4.27. The minimum Gasteiger partial charge on any atom is -0.496 e. The Morgan fingerprint density at radius 3 is 2.56 bits per heavy atom. The highest BCUT2D eigenvalue weighted by Crippen LogP contribution is 2.32. The topological polar surface area (TPSA) is 35.2 Å². The van der Waals surface area contributed by atoms with Crippen molar-refractivity contribution in [1.29, 1.82) is 0 Å². The average molecular weight is 327 g/mol. The second kappa shape index (κ2) is 5.74. The van der Waals surface area contributed by atoms with Gasteiger partial charge in [0.05, 0.1) is 13.2 Å². The SMILES string of the molecule is COc1ccccc1C(N)c1ccc(Br)cc1Cl. The van der Waals surface area contributed by atoms with Crippen LogP contribution in [0.5, 0.6) is 5.75 Å². The molecular weight excluding hydrogens is 314 g/mol. The lowest BCUT2D eigenvalue weighted by Gasteiger charge is -2.17. The largest absolute Gasteiger partial charge is 0.496 e. The monoisotopic (exact) mass is 325 g/mol. The number of hydrogen-bond acceptors (Lipinski definition) is 2. The number of benzene rings is 2. The van der Waals surface area contributed by atoms with Crippen LogP contribution in [0.4, 0.5) is 0 Å². The molecule has 0 bridgehead atoms. The van der Waals surface area contributed by atoms with Crippen LogP contribution in [0.1, 0.15) is 17.2 Å². The van der Waals surface area contributed by atoms with Gasteiger partial charge in [-0.25, -0.2) is 0 Å². The summed E-state index contributed by atoms with van der Waals surface area (Å²) in [7, 11) is 1.63. The number of methoxy groups -OCH3 is 1. The molecule has 2 aromatic carbocycles. The van der Waals surface area contributed by atoms with Crippen molar-refractivity contribution in [3.05, 3.63) is 63.1 Å². The average Bonchev–Trinajstić information content (AvgIpc) is 2.38. The first-order valence-corrected chi connectivity index (χ1v) is 6.64. The zero-order chi connectivity index (χ0) is 13.1. The van der Waals surface area contributed by atoms with E-state index in [4.69, 9.17) is 22.1 Å². The molecule has 0 spiro atoms. The normalized spacial score (nSPS) is 12.2. The Hall–Kier alpha value is -1.03. The van der Waals surface area contributed by atoms with E-state index in [9.17, 15) is 0 Å². The van der Waals surface area contributed by atoms with Crippen LogP contribution >= 0.6 is 27.5 Å². The number of rotatable bonds is 3. The summed E-state index contributed by atoms with van der Waals surface area (Å²) in [6.07, 6.45) is 0. The van der Waals surface area contributed by atoms with Crippen molar-refractivity contribution in [1.82, 2.24) is 0 Å². The van der Waals surface area contributed by atoms with Crippen molar-refractivity contribution in [3.63, 3.8) is 0 Å². The number of nitrogens with two attached hydrogens (primary N) is 1. The van der Waals surface area contributed by atoms with Crippen molar-refractivity contribution >= 4 is 27.5 Å². The van der Waals surface area contributed by atoms with E-state index in [2.05, 4.69) is 15.9 Å². The van der Waals surface area contributed by atoms with Crippen molar-refractivity contribution in [3.8, 4) is 5.75 Å². The molecule has 1 unspecified atom stereocenters. The maximum Gasteiger partial charge on any atom is 0.123 e. The highest BCUT2D eigenvalue weighted by Gasteiger charge is 2.16. The second-order valence-electron chi connectivity index (χ2n) is 3.89. The zero-order valence-corrected chi connectivity index (χ0v) is 12.2. The summed E-state index contributed by atoms with van der Waals surface area (Å²) in [6, 6.07) is 13.1. The van der Waals surface area contributed by atoms with Crippen molar-refractivity contribution < 1.29 is 4.74 Å². The summed E-state index contributed by atoms with van der Waals surface area (Å²) in [6.45, 7) is 0. The van der Waals surface area contributed by atoms with Gasteiger partial charge in [0.25, 0.3) is 0 Å². The van der Waals surface area contributed by atoms with E-state index in [-0.39, 0.29) is 6.04 Å². The molecule has 94 valence electrons. The van der Waals surface area contributed by atoms with Crippen molar-refractivity contribution in [2.45, 2.75) is 6.04 Å². The molecule has 18 heavy (non-hydrogen) atoms. The van der Waals surface area contributed by atoms with E-state index in [0.717, 1.165) is 21.3 Å². The maximum atomic E-state index is 6.26. The Balaban J connectivity index is 2.44. The van der Waals surface area contributed by atoms with Crippen molar-refractivity contribution in [2.75, 3.05) is 7.11 Å². The third-order valence-electron chi connectivity index (χ3n) is 2.77. The molecule has 1 atom stereocenters. The molecule has 2 nitrogen and oxygen atoms in total. The van der Waals surface area contributed by atoms with E-state index in [1.807, 2.05) is 42.5 Å². The smallest absolute Gasteiger partial charge is 0.123 e. The van der Waals surface area contributed by atoms with E-state index < -0.39 is 0 Å². The predicted molar refractivity (Wildman–Crippen MR) is 78.2 cm³/mol. The molecule has 0 saturated heterocycles. The summed E-state index contributed by atoms with van der Waals surface area (Å²) < 4.78 is 6.25. The molecular formula is C14H13BrClNO. The summed E-state index contributed by atoms with van der Waals surface area (Å²) in [5, 5.41) is 0.641. The lowest BCUT2D eigenvalue weighted by Crippen LogP contribution is -2.13. The summed E-state index contributed by atoms with van der Waals surface area (Å²) in [5.74, 6) is 0.768. The van der Waals surface area contributed by atoms with Gasteiger partial charge in [0, 0.05) is 15.1 Å². The molecule has 2 N–H and O–H groups in total. The Morgan fingerprint density at radius 2 is 1.89 bits per heavy atom. The quantitative estimate of drug-likeness (QED) is 0.919. The number of para-hydroxylation sites is 1. The molecule has 0 saturated carbocycles. The van der Waals surface area contributed by atoms with Gasteiger partial charge in [-0.15, -0.1) is 0 Å². The Labute approximate surface area is 120 Å². The number of halogens is 2. The van der Waals surface area contributed by atoms with Crippen LogP contribution in [0.2, 0.25) is 5.02 Å². The van der Waals surface area contributed by atoms with E-state index in [1.165, 1.54) is 0 Å². The third-order valence-corrected chi connectivity index (χ3v) is 3.59. The molecule has 0 radical (unpaired) electrons. The lowest BCUT2D eigenvalue weighted by atomic mass is 9.99. The fourth-order valence-electron chi connectivity index (χ4n) is 1.84. The van der Waals surface area contributed by atoms with Gasteiger partial charge < -0.3 is 10.5 Å². The molecule has 0 heterocycles. The fourth-order valence-corrected chi connectivity index (χ4v) is 2.64. The van der Waals surface area contributed by atoms with E-state index in [1.54, 1.807) is 7.11 Å². The molecule has 0 amide bonds. The van der Waals surface area contributed by atoms with Gasteiger partial charge in [0.15, 0.2) is 0 Å². The molecule has 4 heteroatoms. The maximum absolute atomic E-state index is 6.26. The predicted octanol–water partition coefficient (Wildman–Crippen LogP) is 4.16. The molecule has 2 rings (SSSR count). The summed E-state index contributed by atoms with van der Waals surface area (Å²) >= 11 is 9.60. The van der Waals surface area contributed by atoms with Crippen LogP contribution in [0, 0.1) is 0 Å². The molecule has 0 aliphatic rings. The van der Waals surface area contributed by atoms with Gasteiger partial charge in [-0.2, -0.15) is 0 Å². The highest BCUT2D eigenvalue weighted by molar-refractivity contribution is 9.10. The van der Waals surface area contributed by atoms with Gasteiger partial charge in [-0.3, -0.25) is 0 Å². The van der Waals surface area contributed by atoms with Gasteiger partial charge in [-0.05, 0) is 23.8 Å². The van der Waals surface area contributed by atoms with Crippen LogP contribution in [0.3, 0.4) is 0 Å². The minimum absolute atomic E-state index is 0.304. The second-order valence-corrected chi connectivity index (χ2v) is 5.21. The van der Waals surface area contributed by atoms with Crippen LogP contribution < -0.4 is 10.5 Å². The van der Waals surface area contributed by atoms with Gasteiger partial charge in [0.1, 0.15) is 5.75 Å². The minimum atomic E-state index is -0.304. The Morgan fingerprint density at radius 1 is 1.17 bits per heavy atom. The number of ether oxygens (including phenoxy) is 1. The lowest BCUT2D eigenvalue weighted by molar-refractivity contribution is 0.408. The Bertz CT molecular complexity index is 559. The van der Waals surface area contributed by atoms with Gasteiger partial charge in [-0.1, -0.05) is 51.8 Å². The van der Waals surface area contributed by atoms with Crippen LogP contribution in [-0.2, 0) is 0 Å². The standard InChI is InChI=1S/C14H13BrClNO/c1-18-13-5-3-2-4-11(13)14(17)10-7-6-9(15)8-12(10)16/h2-8,14H,17H2,1H3.